The number of piperidine rings is 1. The van der Waals surface area contributed by atoms with Gasteiger partial charge in [0, 0.05) is 38.1 Å². The van der Waals surface area contributed by atoms with Crippen molar-refractivity contribution in [3.8, 4) is 0 Å². The second-order valence-corrected chi connectivity index (χ2v) is 7.22. The van der Waals surface area contributed by atoms with Gasteiger partial charge in [0.1, 0.15) is 0 Å². The van der Waals surface area contributed by atoms with Crippen LogP contribution in [-0.4, -0.2) is 49.6 Å². The predicted octanol–water partition coefficient (Wildman–Crippen LogP) is 3.28. The summed E-state index contributed by atoms with van der Waals surface area (Å²) >= 11 is 1.76. The Hall–Kier alpha value is -1.07. The summed E-state index contributed by atoms with van der Waals surface area (Å²) in [7, 11) is 0. The maximum Gasteiger partial charge on any atom is 0.191 e. The molecule has 1 aromatic heterocycles. The summed E-state index contributed by atoms with van der Waals surface area (Å²) in [5.41, 5.74) is 1.39. The van der Waals surface area contributed by atoms with Crippen LogP contribution in [0.5, 0.6) is 0 Å². The van der Waals surface area contributed by atoms with Gasteiger partial charge in [0.05, 0.1) is 0 Å². The molecule has 2 rings (SSSR count). The van der Waals surface area contributed by atoms with Crippen LogP contribution in [0, 0.1) is 0 Å². The Kier molecular flexibility index (Phi) is 7.89. The first kappa shape index (κ1) is 18.3. The zero-order chi connectivity index (χ0) is 16.5. The van der Waals surface area contributed by atoms with E-state index in [4.69, 9.17) is 4.99 Å². The van der Waals surface area contributed by atoms with Crippen LogP contribution in [-0.2, 0) is 0 Å². The molecule has 1 aromatic rings. The predicted molar refractivity (Wildman–Crippen MR) is 102 cm³/mol. The van der Waals surface area contributed by atoms with Crippen molar-refractivity contribution in [1.29, 1.82) is 0 Å². The summed E-state index contributed by atoms with van der Waals surface area (Å²) in [5.74, 6) is 1.45. The van der Waals surface area contributed by atoms with E-state index in [1.807, 2.05) is 0 Å². The summed E-state index contributed by atoms with van der Waals surface area (Å²) in [6.45, 7) is 12.0. The summed E-state index contributed by atoms with van der Waals surface area (Å²) in [6, 6.07) is 2.76. The van der Waals surface area contributed by atoms with Crippen molar-refractivity contribution < 1.29 is 0 Å². The summed E-state index contributed by atoms with van der Waals surface area (Å²) < 4.78 is 0. The number of guanidine groups is 1. The van der Waals surface area contributed by atoms with Crippen LogP contribution in [0.2, 0.25) is 0 Å². The van der Waals surface area contributed by atoms with E-state index in [1.165, 1.54) is 44.5 Å². The van der Waals surface area contributed by atoms with E-state index in [-0.39, 0.29) is 0 Å². The summed E-state index contributed by atoms with van der Waals surface area (Å²) in [4.78, 5) is 7.37. The molecule has 0 aliphatic carbocycles. The number of likely N-dealkylation sites (tertiary alicyclic amines) is 1. The molecule has 0 spiro atoms. The SMILES string of the molecule is CCCN1CCC(NC(=NCC(C)c2ccsc2)NCC)CC1. The molecule has 1 saturated heterocycles. The highest BCUT2D eigenvalue weighted by atomic mass is 32.1. The molecule has 0 bridgehead atoms. The largest absolute Gasteiger partial charge is 0.357 e. The Labute approximate surface area is 145 Å². The van der Waals surface area contributed by atoms with Gasteiger partial charge in [-0.15, -0.1) is 0 Å². The maximum absolute atomic E-state index is 4.80. The molecular formula is C18H32N4S. The molecule has 1 unspecified atom stereocenters. The van der Waals surface area contributed by atoms with Crippen molar-refractivity contribution in [1.82, 2.24) is 15.5 Å². The quantitative estimate of drug-likeness (QED) is 0.593. The molecule has 1 atom stereocenters. The fourth-order valence-corrected chi connectivity index (χ4v) is 3.80. The molecule has 23 heavy (non-hydrogen) atoms. The van der Waals surface area contributed by atoms with E-state index < -0.39 is 0 Å². The maximum atomic E-state index is 4.80. The van der Waals surface area contributed by atoms with Crippen molar-refractivity contribution >= 4 is 17.3 Å². The van der Waals surface area contributed by atoms with Crippen LogP contribution < -0.4 is 10.6 Å². The second-order valence-electron chi connectivity index (χ2n) is 6.44. The summed E-state index contributed by atoms with van der Waals surface area (Å²) in [6.07, 6.45) is 3.68. The number of aliphatic imine (C=N–C) groups is 1. The number of thiophene rings is 1. The lowest BCUT2D eigenvalue weighted by molar-refractivity contribution is 0.206. The minimum absolute atomic E-state index is 0.475. The van der Waals surface area contributed by atoms with Crippen molar-refractivity contribution in [3.05, 3.63) is 22.4 Å². The molecule has 1 fully saturated rings. The van der Waals surface area contributed by atoms with Crippen molar-refractivity contribution in [2.24, 2.45) is 4.99 Å². The molecule has 2 N–H and O–H groups in total. The Bertz CT molecular complexity index is 450. The third-order valence-electron chi connectivity index (χ3n) is 4.45. The number of nitrogens with one attached hydrogen (secondary N) is 2. The first-order chi connectivity index (χ1) is 11.2. The average molecular weight is 337 g/mol. The average Bonchev–Trinajstić information content (AvgIpc) is 3.09. The zero-order valence-electron chi connectivity index (χ0n) is 14.8. The number of rotatable bonds is 7. The van der Waals surface area contributed by atoms with E-state index in [2.05, 4.69) is 53.1 Å². The Morgan fingerprint density at radius 3 is 2.78 bits per heavy atom. The van der Waals surface area contributed by atoms with E-state index in [9.17, 15) is 0 Å². The first-order valence-corrected chi connectivity index (χ1v) is 9.96. The van der Waals surface area contributed by atoms with Crippen LogP contribution in [0.3, 0.4) is 0 Å². The molecule has 1 aliphatic heterocycles. The van der Waals surface area contributed by atoms with Gasteiger partial charge in [0.15, 0.2) is 5.96 Å². The minimum atomic E-state index is 0.475. The Morgan fingerprint density at radius 2 is 2.17 bits per heavy atom. The van der Waals surface area contributed by atoms with Gasteiger partial charge in [-0.1, -0.05) is 13.8 Å². The third kappa shape index (κ3) is 6.15. The topological polar surface area (TPSA) is 39.7 Å². The highest BCUT2D eigenvalue weighted by Gasteiger charge is 2.19. The van der Waals surface area contributed by atoms with E-state index >= 15 is 0 Å². The van der Waals surface area contributed by atoms with Crippen molar-refractivity contribution in [3.63, 3.8) is 0 Å². The highest BCUT2D eigenvalue weighted by Crippen LogP contribution is 2.18. The first-order valence-electron chi connectivity index (χ1n) is 9.02. The second kappa shape index (κ2) is 9.93. The number of hydrogen-bond acceptors (Lipinski definition) is 3. The molecule has 0 radical (unpaired) electrons. The molecule has 130 valence electrons. The Morgan fingerprint density at radius 1 is 1.39 bits per heavy atom. The van der Waals surface area contributed by atoms with Crippen LogP contribution in [0.15, 0.2) is 21.8 Å². The lowest BCUT2D eigenvalue weighted by Crippen LogP contribution is -2.48. The lowest BCUT2D eigenvalue weighted by Gasteiger charge is -2.32. The number of nitrogens with zero attached hydrogens (tertiary/aromatic N) is 2. The van der Waals surface area contributed by atoms with Gasteiger partial charge in [-0.25, -0.2) is 0 Å². The Balaban J connectivity index is 1.82. The highest BCUT2D eigenvalue weighted by molar-refractivity contribution is 7.07. The minimum Gasteiger partial charge on any atom is -0.357 e. The molecule has 4 nitrogen and oxygen atoms in total. The van der Waals surface area contributed by atoms with Gasteiger partial charge in [0.2, 0.25) is 0 Å². The molecule has 2 heterocycles. The van der Waals surface area contributed by atoms with Crippen LogP contribution in [0.4, 0.5) is 0 Å². The fraction of sp³-hybridized carbons (Fsp3) is 0.722. The molecule has 5 heteroatoms. The molecule has 0 aromatic carbocycles. The van der Waals surface area contributed by atoms with Crippen LogP contribution in [0.1, 0.15) is 51.5 Å². The van der Waals surface area contributed by atoms with Gasteiger partial charge < -0.3 is 15.5 Å². The van der Waals surface area contributed by atoms with Crippen molar-refractivity contribution in [2.45, 2.75) is 52.0 Å². The third-order valence-corrected chi connectivity index (χ3v) is 5.15. The molecule has 0 saturated carbocycles. The summed E-state index contributed by atoms with van der Waals surface area (Å²) in [5, 5.41) is 11.4. The van der Waals surface area contributed by atoms with Crippen LogP contribution >= 0.6 is 11.3 Å². The monoisotopic (exact) mass is 336 g/mol. The van der Waals surface area contributed by atoms with Gasteiger partial charge >= 0.3 is 0 Å². The molecule has 1 aliphatic rings. The zero-order valence-corrected chi connectivity index (χ0v) is 15.7. The van der Waals surface area contributed by atoms with Gasteiger partial charge in [-0.05, 0) is 55.1 Å². The normalized spacial score (nSPS) is 18.8. The van der Waals surface area contributed by atoms with E-state index in [1.54, 1.807) is 11.3 Å². The van der Waals surface area contributed by atoms with Gasteiger partial charge in [-0.2, -0.15) is 11.3 Å². The van der Waals surface area contributed by atoms with E-state index in [0.717, 1.165) is 19.0 Å². The van der Waals surface area contributed by atoms with E-state index in [0.29, 0.717) is 12.0 Å². The van der Waals surface area contributed by atoms with Crippen LogP contribution in [0.25, 0.3) is 0 Å². The number of hydrogen-bond donors (Lipinski definition) is 2. The fourth-order valence-electron chi connectivity index (χ4n) is 3.02. The molecule has 0 amide bonds. The standard InChI is InChI=1S/C18H32N4S/c1-4-9-22-10-6-17(7-11-22)21-18(19-5-2)20-13-15(3)16-8-12-23-14-16/h8,12,14-15,17H,4-7,9-11,13H2,1-3H3,(H2,19,20,21). The van der Waals surface area contributed by atoms with Crippen molar-refractivity contribution in [2.75, 3.05) is 32.7 Å². The molecular weight excluding hydrogens is 304 g/mol. The lowest BCUT2D eigenvalue weighted by atomic mass is 10.0. The smallest absolute Gasteiger partial charge is 0.191 e. The van der Waals surface area contributed by atoms with Gasteiger partial charge in [0.25, 0.3) is 0 Å². The van der Waals surface area contributed by atoms with Gasteiger partial charge in [-0.3, -0.25) is 4.99 Å².